The predicted molar refractivity (Wildman–Crippen MR) is 123 cm³/mol. The highest BCUT2D eigenvalue weighted by Gasteiger charge is 2.30. The molecule has 1 aliphatic rings. The number of anilines is 3. The number of nitro groups is 1. The van der Waals surface area contributed by atoms with Gasteiger partial charge in [-0.2, -0.15) is 0 Å². The number of hydrogen-bond acceptors (Lipinski definition) is 6. The summed E-state index contributed by atoms with van der Waals surface area (Å²) in [4.78, 5) is 21.9. The van der Waals surface area contributed by atoms with E-state index in [4.69, 9.17) is 11.6 Å². The number of aryl methyl sites for hydroxylation is 1. The highest BCUT2D eigenvalue weighted by Crippen LogP contribution is 2.36. The van der Waals surface area contributed by atoms with Gasteiger partial charge in [0.25, 0.3) is 0 Å². The Hall–Kier alpha value is -3.19. The molecule has 4 rings (SSSR count). The summed E-state index contributed by atoms with van der Waals surface area (Å²) in [5.74, 6) is 1.09. The molecule has 1 N–H and O–H groups in total. The molecule has 3 aromatic rings. The van der Waals surface area contributed by atoms with Crippen LogP contribution in [0.1, 0.15) is 24.0 Å². The second kappa shape index (κ2) is 9.31. The lowest BCUT2D eigenvalue weighted by Crippen LogP contribution is -2.35. The van der Waals surface area contributed by atoms with E-state index in [9.17, 15) is 10.1 Å². The van der Waals surface area contributed by atoms with Crippen molar-refractivity contribution in [1.29, 1.82) is 0 Å². The van der Waals surface area contributed by atoms with E-state index in [1.807, 2.05) is 30.0 Å². The first-order chi connectivity index (χ1) is 15.0. The summed E-state index contributed by atoms with van der Waals surface area (Å²) in [7, 11) is 0. The maximum absolute atomic E-state index is 11.9. The van der Waals surface area contributed by atoms with Crippen LogP contribution in [0.2, 0.25) is 5.02 Å². The van der Waals surface area contributed by atoms with E-state index >= 15 is 0 Å². The van der Waals surface area contributed by atoms with Crippen molar-refractivity contribution in [3.63, 3.8) is 0 Å². The smallest absolute Gasteiger partial charge is 0.351 e. The molecule has 31 heavy (non-hydrogen) atoms. The van der Waals surface area contributed by atoms with Crippen LogP contribution < -0.4 is 10.2 Å². The minimum Gasteiger partial charge on any atom is -0.351 e. The van der Waals surface area contributed by atoms with Gasteiger partial charge in [-0.05, 0) is 55.4 Å². The SMILES string of the molecule is Cc1ccc(Nc2ncnc(N3CCC(Cc4ccccc4)CC3)c2[N+](=O)[O-])cc1Cl. The van der Waals surface area contributed by atoms with E-state index in [2.05, 4.69) is 39.6 Å². The second-order valence-electron chi connectivity index (χ2n) is 7.86. The van der Waals surface area contributed by atoms with Crippen LogP contribution in [0.15, 0.2) is 54.9 Å². The van der Waals surface area contributed by atoms with E-state index in [0.717, 1.165) is 37.9 Å². The molecule has 2 aromatic carbocycles. The molecule has 0 radical (unpaired) electrons. The van der Waals surface area contributed by atoms with Crippen LogP contribution in [0.5, 0.6) is 0 Å². The molecule has 1 aliphatic heterocycles. The molecule has 0 spiro atoms. The van der Waals surface area contributed by atoms with Crippen LogP contribution in [0.3, 0.4) is 0 Å². The van der Waals surface area contributed by atoms with Crippen molar-refractivity contribution in [2.24, 2.45) is 5.92 Å². The molecule has 0 unspecified atom stereocenters. The molecule has 160 valence electrons. The predicted octanol–water partition coefficient (Wildman–Crippen LogP) is 5.55. The van der Waals surface area contributed by atoms with Crippen molar-refractivity contribution in [3.8, 4) is 0 Å². The lowest BCUT2D eigenvalue weighted by atomic mass is 9.90. The van der Waals surface area contributed by atoms with E-state index in [-0.39, 0.29) is 11.5 Å². The quantitative estimate of drug-likeness (QED) is 0.402. The highest BCUT2D eigenvalue weighted by molar-refractivity contribution is 6.31. The van der Waals surface area contributed by atoms with Gasteiger partial charge < -0.3 is 10.2 Å². The van der Waals surface area contributed by atoms with Crippen LogP contribution >= 0.6 is 11.6 Å². The molecule has 0 saturated carbocycles. The molecule has 2 heterocycles. The number of rotatable bonds is 6. The zero-order chi connectivity index (χ0) is 21.8. The van der Waals surface area contributed by atoms with Crippen LogP contribution in [0, 0.1) is 23.0 Å². The summed E-state index contributed by atoms with van der Waals surface area (Å²) in [5, 5.41) is 15.6. The van der Waals surface area contributed by atoms with Gasteiger partial charge in [0.1, 0.15) is 6.33 Å². The van der Waals surface area contributed by atoms with Gasteiger partial charge in [-0.1, -0.05) is 48.0 Å². The Morgan fingerprint density at radius 3 is 2.58 bits per heavy atom. The van der Waals surface area contributed by atoms with Gasteiger partial charge in [-0.3, -0.25) is 10.1 Å². The van der Waals surface area contributed by atoms with Gasteiger partial charge >= 0.3 is 5.69 Å². The molecular weight excluding hydrogens is 414 g/mol. The van der Waals surface area contributed by atoms with Gasteiger partial charge in [0, 0.05) is 23.8 Å². The topological polar surface area (TPSA) is 84.2 Å². The van der Waals surface area contributed by atoms with Crippen LogP contribution in [-0.4, -0.2) is 28.0 Å². The third-order valence-electron chi connectivity index (χ3n) is 5.70. The van der Waals surface area contributed by atoms with E-state index in [0.29, 0.717) is 22.4 Å². The lowest BCUT2D eigenvalue weighted by molar-refractivity contribution is -0.383. The van der Waals surface area contributed by atoms with Crippen LogP contribution in [0.25, 0.3) is 0 Å². The summed E-state index contributed by atoms with van der Waals surface area (Å²) in [6, 6.07) is 15.9. The Kier molecular flexibility index (Phi) is 6.32. The highest BCUT2D eigenvalue weighted by atomic mass is 35.5. The summed E-state index contributed by atoms with van der Waals surface area (Å²) < 4.78 is 0. The van der Waals surface area contributed by atoms with Crippen LogP contribution in [0.4, 0.5) is 23.0 Å². The number of hydrogen-bond donors (Lipinski definition) is 1. The summed E-state index contributed by atoms with van der Waals surface area (Å²) in [5.41, 5.74) is 2.80. The molecule has 1 fully saturated rings. The minimum absolute atomic E-state index is 0.110. The first kappa shape index (κ1) is 21.1. The van der Waals surface area contributed by atoms with Crippen molar-refractivity contribution in [2.75, 3.05) is 23.3 Å². The fraction of sp³-hybridized carbons (Fsp3) is 0.304. The monoisotopic (exact) mass is 437 g/mol. The normalized spacial score (nSPS) is 14.5. The van der Waals surface area contributed by atoms with Gasteiger partial charge in [0.05, 0.1) is 4.92 Å². The van der Waals surface area contributed by atoms with Gasteiger partial charge in [-0.15, -0.1) is 0 Å². The standard InChI is InChI=1S/C23H24ClN5O2/c1-16-7-8-19(14-20(16)24)27-22-21(29(30)31)23(26-15-25-22)28-11-9-18(10-12-28)13-17-5-3-2-4-6-17/h2-8,14-15,18H,9-13H2,1H3,(H,25,26,27). The Morgan fingerprint density at radius 2 is 1.90 bits per heavy atom. The van der Waals surface area contributed by atoms with Crippen molar-refractivity contribution >= 4 is 34.6 Å². The lowest BCUT2D eigenvalue weighted by Gasteiger charge is -2.32. The number of nitrogens with zero attached hydrogens (tertiary/aromatic N) is 4. The molecule has 0 aliphatic carbocycles. The maximum Gasteiger partial charge on any atom is 0.353 e. The Balaban J connectivity index is 1.51. The maximum atomic E-state index is 11.9. The van der Waals surface area contributed by atoms with Crippen molar-refractivity contribution in [3.05, 3.63) is 81.1 Å². The van der Waals surface area contributed by atoms with Crippen molar-refractivity contribution in [2.45, 2.75) is 26.2 Å². The minimum atomic E-state index is -0.413. The van der Waals surface area contributed by atoms with E-state index in [1.165, 1.54) is 11.9 Å². The summed E-state index contributed by atoms with van der Waals surface area (Å²) in [6.45, 7) is 3.36. The molecule has 1 aromatic heterocycles. The number of piperidine rings is 1. The number of benzene rings is 2. The van der Waals surface area contributed by atoms with Gasteiger partial charge in [0.2, 0.25) is 11.6 Å². The van der Waals surface area contributed by atoms with E-state index in [1.54, 1.807) is 6.07 Å². The Bertz CT molecular complexity index is 1070. The first-order valence-corrected chi connectivity index (χ1v) is 10.7. The average Bonchev–Trinajstić information content (AvgIpc) is 2.77. The molecule has 7 nitrogen and oxygen atoms in total. The van der Waals surface area contributed by atoms with Gasteiger partial charge in [-0.25, -0.2) is 9.97 Å². The van der Waals surface area contributed by atoms with Gasteiger partial charge in [0.15, 0.2) is 0 Å². The fourth-order valence-corrected chi connectivity index (χ4v) is 4.14. The third-order valence-corrected chi connectivity index (χ3v) is 6.11. The zero-order valence-electron chi connectivity index (χ0n) is 17.3. The third kappa shape index (κ3) is 4.94. The largest absolute Gasteiger partial charge is 0.353 e. The second-order valence-corrected chi connectivity index (χ2v) is 8.27. The first-order valence-electron chi connectivity index (χ1n) is 10.3. The van der Waals surface area contributed by atoms with Crippen LogP contribution in [-0.2, 0) is 6.42 Å². The molecule has 0 amide bonds. The Morgan fingerprint density at radius 1 is 1.16 bits per heavy atom. The number of nitrogens with one attached hydrogen (secondary N) is 1. The Labute approximate surface area is 186 Å². The fourth-order valence-electron chi connectivity index (χ4n) is 3.96. The molecule has 0 atom stereocenters. The zero-order valence-corrected chi connectivity index (χ0v) is 18.0. The average molecular weight is 438 g/mol. The molecule has 8 heteroatoms. The number of aromatic nitrogens is 2. The number of halogens is 1. The molecule has 1 saturated heterocycles. The van der Waals surface area contributed by atoms with Crippen molar-refractivity contribution < 1.29 is 4.92 Å². The molecule has 0 bridgehead atoms. The summed E-state index contributed by atoms with van der Waals surface area (Å²) in [6.07, 6.45) is 4.33. The van der Waals surface area contributed by atoms with E-state index < -0.39 is 4.92 Å². The summed E-state index contributed by atoms with van der Waals surface area (Å²) >= 11 is 6.19. The molecular formula is C23H24ClN5O2. The van der Waals surface area contributed by atoms with Crippen molar-refractivity contribution in [1.82, 2.24) is 9.97 Å².